The number of hydrogen-bond donors (Lipinski definition) is 1. The molecule has 33 heavy (non-hydrogen) atoms. The van der Waals surface area contributed by atoms with E-state index in [0.29, 0.717) is 0 Å². The van der Waals surface area contributed by atoms with Crippen molar-refractivity contribution < 1.29 is 22.3 Å². The third kappa shape index (κ3) is 4.13. The topological polar surface area (TPSA) is 93.1 Å². The average Bonchev–Trinajstić information content (AvgIpc) is 3.31. The van der Waals surface area contributed by atoms with Crippen LogP contribution in [0.4, 0.5) is 23.5 Å². The molecular weight excluding hydrogens is 442 g/mol. The monoisotopic (exact) mass is 461 g/mol. The summed E-state index contributed by atoms with van der Waals surface area (Å²) >= 11 is 0. The fourth-order valence-electron chi connectivity index (χ4n) is 3.41. The van der Waals surface area contributed by atoms with E-state index in [0.717, 1.165) is 23.2 Å². The molecule has 0 aliphatic heterocycles. The standard InChI is InChI=1S/C21H19F4N7O/c1-21(2,8-26)9-27-20-29-19(33-3)18-16(13(23)6-32(18)30-20)11-4-12(22)17-14(5-11)31(10-28-17)7-15(24)25/h4-6,10,15H,7,9H2,1-3H3,(H,27,30). The van der Waals surface area contributed by atoms with Crippen molar-refractivity contribution in [3.8, 4) is 23.1 Å². The number of benzene rings is 1. The molecule has 0 bridgehead atoms. The van der Waals surface area contributed by atoms with Crippen LogP contribution in [0, 0.1) is 28.4 Å². The van der Waals surface area contributed by atoms with E-state index < -0.39 is 30.0 Å². The molecule has 0 spiro atoms. The maximum atomic E-state index is 15.1. The van der Waals surface area contributed by atoms with Crippen LogP contribution < -0.4 is 10.1 Å². The van der Waals surface area contributed by atoms with Crippen LogP contribution in [0.25, 0.3) is 27.7 Å². The van der Waals surface area contributed by atoms with Gasteiger partial charge < -0.3 is 14.6 Å². The molecule has 0 saturated carbocycles. The quantitative estimate of drug-likeness (QED) is 0.414. The maximum Gasteiger partial charge on any atom is 0.256 e. The van der Waals surface area contributed by atoms with Crippen LogP contribution in [0.5, 0.6) is 5.88 Å². The number of anilines is 1. The molecule has 0 radical (unpaired) electrons. The van der Waals surface area contributed by atoms with Gasteiger partial charge in [0.2, 0.25) is 11.8 Å². The van der Waals surface area contributed by atoms with Gasteiger partial charge in [-0.05, 0) is 31.5 Å². The lowest BCUT2D eigenvalue weighted by Gasteiger charge is -2.16. The number of halogens is 4. The van der Waals surface area contributed by atoms with Crippen LogP contribution in [0.1, 0.15) is 13.8 Å². The van der Waals surface area contributed by atoms with Crippen LogP contribution in [0.15, 0.2) is 24.7 Å². The number of aromatic nitrogens is 5. The number of nitrogens with zero attached hydrogens (tertiary/aromatic N) is 6. The first-order chi connectivity index (χ1) is 15.6. The minimum Gasteiger partial charge on any atom is -0.479 e. The Hall–Kier alpha value is -3.88. The fraction of sp³-hybridized carbons (Fsp3) is 0.333. The molecule has 1 aromatic carbocycles. The van der Waals surface area contributed by atoms with E-state index >= 15 is 4.39 Å². The number of ether oxygens (including phenoxy) is 1. The molecule has 0 fully saturated rings. The van der Waals surface area contributed by atoms with E-state index in [-0.39, 0.29) is 46.1 Å². The van der Waals surface area contributed by atoms with Crippen molar-refractivity contribution in [3.05, 3.63) is 36.3 Å². The third-order valence-electron chi connectivity index (χ3n) is 5.04. The lowest BCUT2D eigenvalue weighted by Crippen LogP contribution is -2.22. The molecule has 3 aromatic heterocycles. The normalized spacial score (nSPS) is 12.0. The van der Waals surface area contributed by atoms with Gasteiger partial charge in [-0.15, -0.1) is 5.10 Å². The summed E-state index contributed by atoms with van der Waals surface area (Å²) in [4.78, 5) is 8.08. The Bertz CT molecular complexity index is 1390. The van der Waals surface area contributed by atoms with Crippen LogP contribution in [-0.4, -0.2) is 44.2 Å². The highest BCUT2D eigenvalue weighted by molar-refractivity contribution is 5.90. The zero-order valence-electron chi connectivity index (χ0n) is 17.9. The summed E-state index contributed by atoms with van der Waals surface area (Å²) in [5.41, 5.74) is -0.546. The average molecular weight is 461 g/mol. The number of nitriles is 1. The number of alkyl halides is 2. The van der Waals surface area contributed by atoms with E-state index in [9.17, 15) is 18.4 Å². The molecule has 4 aromatic rings. The Kier molecular flexibility index (Phi) is 5.57. The minimum absolute atomic E-state index is 0.00255. The Morgan fingerprint density at radius 3 is 2.67 bits per heavy atom. The summed E-state index contributed by atoms with van der Waals surface area (Å²) in [6, 6.07) is 4.59. The Morgan fingerprint density at radius 1 is 1.24 bits per heavy atom. The summed E-state index contributed by atoms with van der Waals surface area (Å²) in [5.74, 6) is -1.43. The molecule has 0 aliphatic rings. The molecule has 0 amide bonds. The maximum absolute atomic E-state index is 15.1. The SMILES string of the molecule is COc1nc(NCC(C)(C)C#N)nn2cc(F)c(-c3cc(F)c4ncn(CC(F)F)c4c3)c12. The highest BCUT2D eigenvalue weighted by atomic mass is 19.3. The second kappa shape index (κ2) is 8.23. The number of imidazole rings is 1. The van der Waals surface area contributed by atoms with Crippen LogP contribution in [0.3, 0.4) is 0 Å². The molecular formula is C21H19F4N7O. The van der Waals surface area contributed by atoms with Crippen molar-refractivity contribution >= 4 is 22.5 Å². The second-order valence-electron chi connectivity index (χ2n) is 8.05. The first kappa shape index (κ1) is 22.3. The zero-order valence-corrected chi connectivity index (χ0v) is 17.9. The lowest BCUT2D eigenvalue weighted by molar-refractivity contribution is 0.128. The molecule has 0 atom stereocenters. The van der Waals surface area contributed by atoms with Crippen molar-refractivity contribution in [3.63, 3.8) is 0 Å². The van der Waals surface area contributed by atoms with Crippen LogP contribution in [-0.2, 0) is 6.54 Å². The van der Waals surface area contributed by atoms with E-state index in [1.54, 1.807) is 13.8 Å². The molecule has 4 rings (SSSR count). The molecule has 0 aliphatic carbocycles. The third-order valence-corrected chi connectivity index (χ3v) is 5.04. The highest BCUT2D eigenvalue weighted by Gasteiger charge is 2.23. The van der Waals surface area contributed by atoms with E-state index in [1.165, 1.54) is 17.7 Å². The molecule has 0 unspecified atom stereocenters. The molecule has 12 heteroatoms. The van der Waals surface area contributed by atoms with E-state index in [4.69, 9.17) is 4.74 Å². The van der Waals surface area contributed by atoms with Crippen molar-refractivity contribution in [1.82, 2.24) is 24.1 Å². The van der Waals surface area contributed by atoms with Gasteiger partial charge in [0.1, 0.15) is 11.0 Å². The van der Waals surface area contributed by atoms with Gasteiger partial charge in [0.25, 0.3) is 6.43 Å². The molecule has 1 N–H and O–H groups in total. The predicted molar refractivity (Wildman–Crippen MR) is 112 cm³/mol. The summed E-state index contributed by atoms with van der Waals surface area (Å²) in [5, 5.41) is 16.3. The predicted octanol–water partition coefficient (Wildman–Crippen LogP) is 4.26. The molecule has 3 heterocycles. The first-order valence-electron chi connectivity index (χ1n) is 9.84. The van der Waals surface area contributed by atoms with Gasteiger partial charge in [-0.25, -0.2) is 27.1 Å². The lowest BCUT2D eigenvalue weighted by atomic mass is 9.96. The Labute approximate surface area is 185 Å². The van der Waals surface area contributed by atoms with E-state index in [2.05, 4.69) is 26.5 Å². The summed E-state index contributed by atoms with van der Waals surface area (Å²) < 4.78 is 63.2. The van der Waals surface area contributed by atoms with Gasteiger partial charge in [-0.1, -0.05) is 0 Å². The number of hydrogen-bond acceptors (Lipinski definition) is 6. The van der Waals surface area contributed by atoms with Gasteiger partial charge in [0.05, 0.1) is 48.7 Å². The van der Waals surface area contributed by atoms with E-state index in [1.807, 2.05) is 0 Å². The van der Waals surface area contributed by atoms with Gasteiger partial charge in [-0.3, -0.25) is 0 Å². The second-order valence-corrected chi connectivity index (χ2v) is 8.05. The van der Waals surface area contributed by atoms with Gasteiger partial charge in [0, 0.05) is 6.54 Å². The van der Waals surface area contributed by atoms with Crippen molar-refractivity contribution in [2.75, 3.05) is 19.0 Å². The largest absolute Gasteiger partial charge is 0.479 e. The van der Waals surface area contributed by atoms with Gasteiger partial charge >= 0.3 is 0 Å². The highest BCUT2D eigenvalue weighted by Crippen LogP contribution is 2.36. The van der Waals surface area contributed by atoms with Crippen molar-refractivity contribution in [2.45, 2.75) is 26.8 Å². The number of rotatable bonds is 7. The summed E-state index contributed by atoms with van der Waals surface area (Å²) in [6.45, 7) is 3.00. The van der Waals surface area contributed by atoms with Gasteiger partial charge in [0.15, 0.2) is 11.6 Å². The summed E-state index contributed by atoms with van der Waals surface area (Å²) in [6.07, 6.45) is -0.484. The number of nitrogens with one attached hydrogen (secondary N) is 1. The fourth-order valence-corrected chi connectivity index (χ4v) is 3.41. The van der Waals surface area contributed by atoms with Gasteiger partial charge in [-0.2, -0.15) is 10.2 Å². The summed E-state index contributed by atoms with van der Waals surface area (Å²) in [7, 11) is 1.33. The molecule has 172 valence electrons. The molecule has 8 nitrogen and oxygen atoms in total. The van der Waals surface area contributed by atoms with Crippen molar-refractivity contribution in [1.29, 1.82) is 5.26 Å². The molecule has 0 saturated heterocycles. The van der Waals surface area contributed by atoms with Crippen LogP contribution >= 0.6 is 0 Å². The Balaban J connectivity index is 1.85. The zero-order chi connectivity index (χ0) is 23.9. The van der Waals surface area contributed by atoms with Crippen LogP contribution in [0.2, 0.25) is 0 Å². The minimum atomic E-state index is -2.67. The Morgan fingerprint density at radius 2 is 2.00 bits per heavy atom. The first-order valence-corrected chi connectivity index (χ1v) is 9.84. The number of fused-ring (bicyclic) bond motifs is 2. The smallest absolute Gasteiger partial charge is 0.256 e. The van der Waals surface area contributed by atoms with Crippen molar-refractivity contribution in [2.24, 2.45) is 5.41 Å². The number of methoxy groups -OCH3 is 1.